The quantitative estimate of drug-likeness (QED) is 0.718. The second kappa shape index (κ2) is 3.73. The highest BCUT2D eigenvalue weighted by Crippen LogP contribution is 2.35. The lowest BCUT2D eigenvalue weighted by atomic mass is 10.1. The van der Waals surface area contributed by atoms with Crippen molar-refractivity contribution in [1.29, 1.82) is 0 Å². The van der Waals surface area contributed by atoms with Gasteiger partial charge in [-0.1, -0.05) is 18.7 Å². The van der Waals surface area contributed by atoms with Crippen molar-refractivity contribution in [3.63, 3.8) is 0 Å². The third kappa shape index (κ3) is 1.40. The molecule has 18 heavy (non-hydrogen) atoms. The maximum Gasteiger partial charge on any atom is 0.257 e. The van der Waals surface area contributed by atoms with Gasteiger partial charge in [-0.3, -0.25) is 4.79 Å². The number of ether oxygens (including phenoxy) is 1. The first-order valence-electron chi connectivity index (χ1n) is 6.02. The summed E-state index contributed by atoms with van der Waals surface area (Å²) in [6.07, 6.45) is 0.556. The molecule has 92 valence electrons. The van der Waals surface area contributed by atoms with Gasteiger partial charge in [-0.25, -0.2) is 0 Å². The van der Waals surface area contributed by atoms with Crippen LogP contribution in [0.4, 0.5) is 0 Å². The molecule has 3 heteroatoms. The van der Waals surface area contributed by atoms with Crippen molar-refractivity contribution in [1.82, 2.24) is 4.57 Å². The summed E-state index contributed by atoms with van der Waals surface area (Å²) >= 11 is 0. The zero-order valence-electron chi connectivity index (χ0n) is 10.6. The van der Waals surface area contributed by atoms with Gasteiger partial charge < -0.3 is 9.30 Å². The lowest BCUT2D eigenvalue weighted by Crippen LogP contribution is -2.21. The van der Waals surface area contributed by atoms with Gasteiger partial charge in [0.05, 0.1) is 11.1 Å². The number of nitrogens with zero attached hydrogens (tertiary/aromatic N) is 1. The predicted molar refractivity (Wildman–Crippen MR) is 72.1 cm³/mol. The molecule has 0 bridgehead atoms. The van der Waals surface area contributed by atoms with Gasteiger partial charge in [0, 0.05) is 18.9 Å². The molecule has 1 aromatic heterocycles. The number of rotatable bonds is 1. The maximum absolute atomic E-state index is 12.3. The molecule has 1 atom stereocenters. The van der Waals surface area contributed by atoms with Crippen LogP contribution in [0, 0.1) is 0 Å². The first kappa shape index (κ1) is 11.1. The molecule has 1 aliphatic rings. The Morgan fingerprint density at radius 3 is 2.89 bits per heavy atom. The minimum Gasteiger partial charge on any atom is -0.485 e. The summed E-state index contributed by atoms with van der Waals surface area (Å²) in [6, 6.07) is 7.83. The number of pyridine rings is 1. The van der Waals surface area contributed by atoms with Crippen molar-refractivity contribution >= 4 is 10.9 Å². The molecule has 0 saturated heterocycles. The minimum absolute atomic E-state index is 0.0347. The van der Waals surface area contributed by atoms with Gasteiger partial charge in [0.15, 0.2) is 0 Å². The van der Waals surface area contributed by atoms with Crippen LogP contribution in [-0.2, 0) is 13.5 Å². The van der Waals surface area contributed by atoms with Crippen LogP contribution < -0.4 is 10.3 Å². The number of hydrogen-bond donors (Lipinski definition) is 0. The third-order valence-corrected chi connectivity index (χ3v) is 3.55. The van der Waals surface area contributed by atoms with E-state index >= 15 is 0 Å². The summed E-state index contributed by atoms with van der Waals surface area (Å²) in [6.45, 7) is 5.85. The monoisotopic (exact) mass is 241 g/mol. The molecule has 0 spiro atoms. The van der Waals surface area contributed by atoms with E-state index in [4.69, 9.17) is 4.74 Å². The Morgan fingerprint density at radius 1 is 1.44 bits per heavy atom. The number of fused-ring (bicyclic) bond motifs is 3. The van der Waals surface area contributed by atoms with Crippen LogP contribution in [0.3, 0.4) is 0 Å². The molecule has 0 N–H and O–H groups in total. The van der Waals surface area contributed by atoms with E-state index in [1.165, 1.54) is 0 Å². The van der Waals surface area contributed by atoms with Crippen LogP contribution in [-0.4, -0.2) is 10.7 Å². The zero-order chi connectivity index (χ0) is 12.9. The van der Waals surface area contributed by atoms with Crippen molar-refractivity contribution in [3.05, 3.63) is 52.3 Å². The molecule has 1 aromatic carbocycles. The molecule has 2 aromatic rings. The molecule has 3 rings (SSSR count). The van der Waals surface area contributed by atoms with Crippen LogP contribution in [0.5, 0.6) is 5.75 Å². The normalized spacial score (nSPS) is 17.6. The van der Waals surface area contributed by atoms with Crippen molar-refractivity contribution in [2.75, 3.05) is 0 Å². The zero-order valence-corrected chi connectivity index (χ0v) is 10.6. The molecule has 0 amide bonds. The van der Waals surface area contributed by atoms with Crippen LogP contribution >= 0.6 is 0 Å². The summed E-state index contributed by atoms with van der Waals surface area (Å²) in [4.78, 5) is 12.3. The third-order valence-electron chi connectivity index (χ3n) is 3.55. The van der Waals surface area contributed by atoms with E-state index < -0.39 is 0 Å². The highest BCUT2D eigenvalue weighted by Gasteiger charge is 2.28. The summed E-state index contributed by atoms with van der Waals surface area (Å²) in [5.41, 5.74) is 2.66. The smallest absolute Gasteiger partial charge is 0.257 e. The molecule has 1 unspecified atom stereocenters. The van der Waals surface area contributed by atoms with Crippen LogP contribution in [0.25, 0.3) is 10.9 Å². The van der Waals surface area contributed by atoms with E-state index in [0.29, 0.717) is 6.42 Å². The molecular weight excluding hydrogens is 226 g/mol. The summed E-state index contributed by atoms with van der Waals surface area (Å²) < 4.78 is 7.60. The molecule has 1 aliphatic heterocycles. The topological polar surface area (TPSA) is 31.2 Å². The summed E-state index contributed by atoms with van der Waals surface area (Å²) in [7, 11) is 1.80. The van der Waals surface area contributed by atoms with Crippen molar-refractivity contribution in [3.8, 4) is 5.75 Å². The van der Waals surface area contributed by atoms with Crippen LogP contribution in [0.15, 0.2) is 41.2 Å². The summed E-state index contributed by atoms with van der Waals surface area (Å²) in [5.74, 6) is 0.738. The average Bonchev–Trinajstić information content (AvgIpc) is 2.81. The standard InChI is InChI=1S/C15H15NO2/c1-9(2)13-8-11-14(18-13)10-6-4-5-7-12(10)16(3)15(11)17/h4-7,13H,1,8H2,2-3H3. The minimum atomic E-state index is -0.0708. The highest BCUT2D eigenvalue weighted by atomic mass is 16.5. The van der Waals surface area contributed by atoms with E-state index in [0.717, 1.165) is 27.8 Å². The fourth-order valence-electron chi connectivity index (χ4n) is 2.49. The van der Waals surface area contributed by atoms with E-state index in [9.17, 15) is 4.79 Å². The molecule has 0 radical (unpaired) electrons. The fraction of sp³-hybridized carbons (Fsp3) is 0.267. The van der Waals surface area contributed by atoms with Crippen LogP contribution in [0.2, 0.25) is 0 Å². The number of aryl methyl sites for hydroxylation is 1. The highest BCUT2D eigenvalue weighted by molar-refractivity contribution is 5.87. The Labute approximate surface area is 105 Å². The first-order chi connectivity index (χ1) is 8.59. The first-order valence-corrected chi connectivity index (χ1v) is 6.02. The van der Waals surface area contributed by atoms with Gasteiger partial charge >= 0.3 is 0 Å². The lowest BCUT2D eigenvalue weighted by Gasteiger charge is -2.11. The van der Waals surface area contributed by atoms with E-state index in [-0.39, 0.29) is 11.7 Å². The largest absolute Gasteiger partial charge is 0.485 e. The van der Waals surface area contributed by atoms with Crippen molar-refractivity contribution in [2.45, 2.75) is 19.4 Å². The maximum atomic E-state index is 12.3. The second-order valence-electron chi connectivity index (χ2n) is 4.85. The number of aromatic nitrogens is 1. The Balaban J connectivity index is 2.34. The molecule has 2 heterocycles. The lowest BCUT2D eigenvalue weighted by molar-refractivity contribution is 0.273. The van der Waals surface area contributed by atoms with Gasteiger partial charge in [0.1, 0.15) is 11.9 Å². The number of benzene rings is 1. The Kier molecular flexibility index (Phi) is 2.30. The molecule has 0 aliphatic carbocycles. The van der Waals surface area contributed by atoms with Gasteiger partial charge in [-0.15, -0.1) is 0 Å². The second-order valence-corrected chi connectivity index (χ2v) is 4.85. The Bertz CT molecular complexity index is 712. The van der Waals surface area contributed by atoms with Gasteiger partial charge in [-0.2, -0.15) is 0 Å². The fourth-order valence-corrected chi connectivity index (χ4v) is 2.49. The summed E-state index contributed by atoms with van der Waals surface area (Å²) in [5, 5.41) is 0.998. The SMILES string of the molecule is C=C(C)C1Cc2c(c3ccccc3n(C)c2=O)O1. The van der Waals surface area contributed by atoms with Gasteiger partial charge in [0.2, 0.25) is 0 Å². The van der Waals surface area contributed by atoms with Gasteiger partial charge in [-0.05, 0) is 24.6 Å². The van der Waals surface area contributed by atoms with E-state index in [1.807, 2.05) is 31.2 Å². The van der Waals surface area contributed by atoms with Crippen LogP contribution in [0.1, 0.15) is 12.5 Å². The Hall–Kier alpha value is -2.03. The van der Waals surface area contributed by atoms with Crippen molar-refractivity contribution in [2.24, 2.45) is 7.05 Å². The van der Waals surface area contributed by atoms with E-state index in [1.54, 1.807) is 11.6 Å². The predicted octanol–water partition coefficient (Wildman–Crippen LogP) is 2.42. The van der Waals surface area contributed by atoms with Crippen molar-refractivity contribution < 1.29 is 4.74 Å². The number of para-hydroxylation sites is 1. The Morgan fingerprint density at radius 2 is 2.17 bits per heavy atom. The molecular formula is C15H15NO2. The van der Waals surface area contributed by atoms with Gasteiger partial charge in [0.25, 0.3) is 5.56 Å². The number of hydrogen-bond acceptors (Lipinski definition) is 2. The van der Waals surface area contributed by atoms with E-state index in [2.05, 4.69) is 6.58 Å². The molecule has 0 fully saturated rings. The molecule has 3 nitrogen and oxygen atoms in total. The average molecular weight is 241 g/mol. The molecule has 0 saturated carbocycles.